The van der Waals surface area contributed by atoms with Crippen LogP contribution in [0.3, 0.4) is 0 Å². The SMILES string of the molecule is O=C1CCCN1CCCN(Cc1cc2cc3c(cc2nc1-c1cccs1)OCO3)C(=O)[C@@H]1CCCO1. The van der Waals surface area contributed by atoms with Crippen LogP contribution in [0.15, 0.2) is 35.7 Å². The van der Waals surface area contributed by atoms with E-state index >= 15 is 0 Å². The minimum atomic E-state index is -0.397. The van der Waals surface area contributed by atoms with E-state index in [1.54, 1.807) is 11.3 Å². The molecule has 2 fully saturated rings. The first-order chi connectivity index (χ1) is 17.7. The molecule has 0 spiro atoms. The van der Waals surface area contributed by atoms with Crippen molar-refractivity contribution in [2.45, 2.75) is 44.8 Å². The van der Waals surface area contributed by atoms with Crippen molar-refractivity contribution >= 4 is 34.1 Å². The van der Waals surface area contributed by atoms with Crippen LogP contribution in [0.4, 0.5) is 0 Å². The smallest absolute Gasteiger partial charge is 0.252 e. The van der Waals surface area contributed by atoms with E-state index in [4.69, 9.17) is 19.2 Å². The van der Waals surface area contributed by atoms with Crippen molar-refractivity contribution in [2.75, 3.05) is 33.0 Å². The number of nitrogens with zero attached hydrogens (tertiary/aromatic N) is 3. The summed E-state index contributed by atoms with van der Waals surface area (Å²) < 4.78 is 16.9. The van der Waals surface area contributed by atoms with Crippen LogP contribution in [-0.2, 0) is 20.9 Å². The fraction of sp³-hybridized carbons (Fsp3) is 0.444. The highest BCUT2D eigenvalue weighted by Gasteiger charge is 2.30. The molecule has 2 aromatic heterocycles. The lowest BCUT2D eigenvalue weighted by Gasteiger charge is -2.27. The van der Waals surface area contributed by atoms with Crippen LogP contribution in [-0.4, -0.2) is 65.7 Å². The quantitative estimate of drug-likeness (QED) is 0.454. The number of amides is 2. The fourth-order valence-corrected chi connectivity index (χ4v) is 5.95. The number of carbonyl (C=O) groups is 2. The van der Waals surface area contributed by atoms with Crippen LogP contribution in [0, 0.1) is 0 Å². The number of thiophene rings is 1. The van der Waals surface area contributed by atoms with Gasteiger partial charge in [0.05, 0.1) is 16.1 Å². The molecule has 3 aromatic rings. The van der Waals surface area contributed by atoms with E-state index in [2.05, 4.69) is 12.1 Å². The van der Waals surface area contributed by atoms with Gasteiger partial charge in [-0.25, -0.2) is 4.98 Å². The Kier molecular flexibility index (Phi) is 6.50. The minimum Gasteiger partial charge on any atom is -0.454 e. The number of benzene rings is 1. The highest BCUT2D eigenvalue weighted by Crippen LogP contribution is 2.38. The van der Waals surface area contributed by atoms with Gasteiger partial charge in [0.2, 0.25) is 12.7 Å². The summed E-state index contributed by atoms with van der Waals surface area (Å²) in [6.45, 7) is 3.30. The van der Waals surface area contributed by atoms with E-state index in [0.717, 1.165) is 59.3 Å². The summed E-state index contributed by atoms with van der Waals surface area (Å²) in [5.41, 5.74) is 2.68. The van der Waals surface area contributed by atoms with Crippen molar-refractivity contribution in [1.29, 1.82) is 0 Å². The van der Waals surface area contributed by atoms with Crippen LogP contribution in [0.2, 0.25) is 0 Å². The first-order valence-electron chi connectivity index (χ1n) is 12.6. The molecule has 0 unspecified atom stereocenters. The molecule has 6 rings (SSSR count). The van der Waals surface area contributed by atoms with E-state index in [9.17, 15) is 9.59 Å². The lowest BCUT2D eigenvalue weighted by atomic mass is 10.1. The Labute approximate surface area is 213 Å². The minimum absolute atomic E-state index is 0.0168. The molecule has 0 bridgehead atoms. The first kappa shape index (κ1) is 23.2. The number of aromatic nitrogens is 1. The Morgan fingerprint density at radius 3 is 2.83 bits per heavy atom. The van der Waals surface area contributed by atoms with Gasteiger partial charge >= 0.3 is 0 Å². The standard InChI is InChI=1S/C27H29N3O5S/c31-25-7-1-8-29(25)9-4-10-30(27(32)21-5-2-11-33-21)16-19-13-18-14-22-23(35-17-34-22)15-20(18)28-26(19)24-6-3-12-36-24/h3,6,12-15,21H,1-2,4-5,7-11,16-17H2/t21-/m0/s1. The topological polar surface area (TPSA) is 81.2 Å². The zero-order chi connectivity index (χ0) is 24.5. The highest BCUT2D eigenvalue weighted by atomic mass is 32.1. The van der Waals surface area contributed by atoms with E-state index in [0.29, 0.717) is 44.2 Å². The molecule has 0 radical (unpaired) electrons. The van der Waals surface area contributed by atoms with Gasteiger partial charge in [-0.05, 0) is 54.8 Å². The molecule has 1 atom stereocenters. The summed E-state index contributed by atoms with van der Waals surface area (Å²) >= 11 is 1.63. The van der Waals surface area contributed by atoms with E-state index in [1.165, 1.54) is 0 Å². The van der Waals surface area contributed by atoms with E-state index < -0.39 is 6.10 Å². The van der Waals surface area contributed by atoms with Crippen molar-refractivity contribution in [3.63, 3.8) is 0 Å². The van der Waals surface area contributed by atoms with Gasteiger partial charge in [0.25, 0.3) is 5.91 Å². The molecule has 5 heterocycles. The van der Waals surface area contributed by atoms with Crippen molar-refractivity contribution in [3.05, 3.63) is 41.3 Å². The van der Waals surface area contributed by atoms with Crippen LogP contribution in [0.1, 0.15) is 37.7 Å². The molecular weight excluding hydrogens is 478 g/mol. The Balaban J connectivity index is 1.31. The summed E-state index contributed by atoms with van der Waals surface area (Å²) in [7, 11) is 0. The van der Waals surface area contributed by atoms with Crippen molar-refractivity contribution < 1.29 is 23.8 Å². The number of rotatable bonds is 8. The van der Waals surface area contributed by atoms with Gasteiger partial charge in [0, 0.05) is 50.7 Å². The summed E-state index contributed by atoms with van der Waals surface area (Å²) in [6, 6.07) is 10.1. The van der Waals surface area contributed by atoms with E-state index in [-0.39, 0.29) is 18.6 Å². The van der Waals surface area contributed by atoms with Crippen LogP contribution >= 0.6 is 11.3 Å². The summed E-state index contributed by atoms with van der Waals surface area (Å²) in [4.78, 5) is 35.5. The lowest BCUT2D eigenvalue weighted by Crippen LogP contribution is -2.40. The molecule has 9 heteroatoms. The van der Waals surface area contributed by atoms with Gasteiger partial charge < -0.3 is 24.0 Å². The average Bonchev–Trinajstić information content (AvgIpc) is 3.70. The Morgan fingerprint density at radius 2 is 2.08 bits per heavy atom. The molecule has 0 saturated carbocycles. The number of likely N-dealkylation sites (tertiary alicyclic amines) is 1. The third-order valence-corrected chi connectivity index (χ3v) is 7.92. The van der Waals surface area contributed by atoms with Crippen LogP contribution in [0.25, 0.3) is 21.5 Å². The summed E-state index contributed by atoms with van der Waals surface area (Å²) in [5, 5.41) is 2.98. The molecule has 0 aliphatic carbocycles. The number of hydrogen-bond acceptors (Lipinski definition) is 7. The third-order valence-electron chi connectivity index (χ3n) is 7.05. The van der Waals surface area contributed by atoms with Gasteiger partial charge in [-0.1, -0.05) is 6.07 Å². The number of pyridine rings is 1. The third kappa shape index (κ3) is 4.65. The number of hydrogen-bond donors (Lipinski definition) is 0. The largest absolute Gasteiger partial charge is 0.454 e. The monoisotopic (exact) mass is 507 g/mol. The Hall–Kier alpha value is -3.17. The highest BCUT2D eigenvalue weighted by molar-refractivity contribution is 7.13. The lowest BCUT2D eigenvalue weighted by molar-refractivity contribution is -0.141. The Bertz CT molecular complexity index is 1270. The van der Waals surface area contributed by atoms with Gasteiger partial charge in [0.1, 0.15) is 6.10 Å². The van der Waals surface area contributed by atoms with Gasteiger partial charge in [-0.2, -0.15) is 0 Å². The molecular formula is C27H29N3O5S. The van der Waals surface area contributed by atoms with Gasteiger partial charge in [-0.3, -0.25) is 9.59 Å². The molecule has 188 valence electrons. The van der Waals surface area contributed by atoms with Crippen LogP contribution < -0.4 is 9.47 Å². The second-order valence-electron chi connectivity index (χ2n) is 9.47. The van der Waals surface area contributed by atoms with Crippen molar-refractivity contribution in [3.8, 4) is 22.1 Å². The maximum absolute atomic E-state index is 13.5. The average molecular weight is 508 g/mol. The van der Waals surface area contributed by atoms with Crippen LogP contribution in [0.5, 0.6) is 11.5 Å². The molecule has 2 saturated heterocycles. The zero-order valence-corrected chi connectivity index (χ0v) is 20.9. The fourth-order valence-electron chi connectivity index (χ4n) is 5.20. The predicted octanol–water partition coefficient (Wildman–Crippen LogP) is 4.21. The number of fused-ring (bicyclic) bond motifs is 2. The number of ether oxygens (including phenoxy) is 3. The van der Waals surface area contributed by atoms with Gasteiger partial charge in [0.15, 0.2) is 11.5 Å². The molecule has 1 aromatic carbocycles. The molecule has 2 amide bonds. The molecule has 36 heavy (non-hydrogen) atoms. The van der Waals surface area contributed by atoms with Gasteiger partial charge in [-0.15, -0.1) is 11.3 Å². The number of carbonyl (C=O) groups excluding carboxylic acids is 2. The summed E-state index contributed by atoms with van der Waals surface area (Å²) in [6.07, 6.45) is 3.53. The molecule has 8 nitrogen and oxygen atoms in total. The van der Waals surface area contributed by atoms with Crippen molar-refractivity contribution in [2.24, 2.45) is 0 Å². The molecule has 3 aliphatic heterocycles. The predicted molar refractivity (Wildman–Crippen MR) is 136 cm³/mol. The first-order valence-corrected chi connectivity index (χ1v) is 13.5. The molecule has 0 N–H and O–H groups in total. The van der Waals surface area contributed by atoms with E-state index in [1.807, 2.05) is 33.4 Å². The molecule has 3 aliphatic rings. The maximum atomic E-state index is 13.5. The summed E-state index contributed by atoms with van der Waals surface area (Å²) in [5.74, 6) is 1.64. The zero-order valence-electron chi connectivity index (χ0n) is 20.1. The normalized spacial score (nSPS) is 18.9. The van der Waals surface area contributed by atoms with Crippen molar-refractivity contribution in [1.82, 2.24) is 14.8 Å². The second-order valence-corrected chi connectivity index (χ2v) is 10.4. The maximum Gasteiger partial charge on any atom is 0.252 e. The second kappa shape index (κ2) is 10.1. The Morgan fingerprint density at radius 1 is 1.19 bits per heavy atom.